The summed E-state index contributed by atoms with van der Waals surface area (Å²) in [6.45, 7) is 4.47. The molecule has 8 nitrogen and oxygen atoms in total. The molecule has 1 aliphatic heterocycles. The summed E-state index contributed by atoms with van der Waals surface area (Å²) in [5.41, 5.74) is 6.70. The first-order chi connectivity index (χ1) is 20.3. The zero-order chi connectivity index (χ0) is 31.5. The molecule has 0 aliphatic carbocycles. The minimum absolute atomic E-state index is 0. The van der Waals surface area contributed by atoms with E-state index in [4.69, 9.17) is 10.5 Å². The molecular weight excluding hydrogens is 623 g/mol. The first kappa shape index (κ1) is 37.8. The molecule has 1 aromatic heterocycles. The SMILES string of the molecule is C.COCCn1cc(C(=O)N2CCC(c3cc(CNC(=O)[C@H](N)C(C)C)ccc3F)CC2)c2c(OC(F)(F)F)ccc(F)c21.Cl. The number of hydrogen-bond acceptors (Lipinski definition) is 5. The van der Waals surface area contributed by atoms with Crippen LogP contribution in [0, 0.1) is 17.6 Å². The van der Waals surface area contributed by atoms with Gasteiger partial charge in [0.1, 0.15) is 17.4 Å². The first-order valence-electron chi connectivity index (χ1n) is 14.0. The maximum atomic E-state index is 14.9. The van der Waals surface area contributed by atoms with Crippen LogP contribution in [0.25, 0.3) is 10.9 Å². The predicted octanol–water partition coefficient (Wildman–Crippen LogP) is 6.14. The summed E-state index contributed by atoms with van der Waals surface area (Å²) in [5.74, 6) is -3.07. The molecule has 0 bridgehead atoms. The molecule has 0 saturated carbocycles. The quantitative estimate of drug-likeness (QED) is 0.254. The number of aromatic nitrogens is 1. The van der Waals surface area contributed by atoms with Gasteiger partial charge in [-0.3, -0.25) is 9.59 Å². The Kier molecular flexibility index (Phi) is 13.2. The molecule has 2 amide bonds. The van der Waals surface area contributed by atoms with E-state index in [0.717, 1.165) is 12.1 Å². The molecule has 1 fully saturated rings. The third-order valence-corrected chi connectivity index (χ3v) is 7.69. The van der Waals surface area contributed by atoms with Crippen LogP contribution in [0.15, 0.2) is 36.5 Å². The van der Waals surface area contributed by atoms with Gasteiger partial charge in [0.2, 0.25) is 5.91 Å². The molecule has 4 rings (SSSR count). The van der Waals surface area contributed by atoms with Gasteiger partial charge in [0.25, 0.3) is 5.91 Å². The number of rotatable bonds is 10. The number of halogens is 6. The van der Waals surface area contributed by atoms with Gasteiger partial charge in [0.05, 0.1) is 29.1 Å². The van der Waals surface area contributed by atoms with Crippen molar-refractivity contribution in [2.75, 3.05) is 26.8 Å². The Labute approximate surface area is 265 Å². The second-order valence-electron chi connectivity index (χ2n) is 11.0. The Morgan fingerprint density at radius 1 is 1.09 bits per heavy atom. The van der Waals surface area contributed by atoms with Gasteiger partial charge in [-0.15, -0.1) is 25.6 Å². The van der Waals surface area contributed by atoms with E-state index >= 15 is 0 Å². The molecule has 3 N–H and O–H groups in total. The maximum Gasteiger partial charge on any atom is 0.573 e. The lowest BCUT2D eigenvalue weighted by molar-refractivity contribution is -0.274. The molecular formula is C31H40ClF5N4O4. The number of piperidine rings is 1. The van der Waals surface area contributed by atoms with Gasteiger partial charge in [-0.05, 0) is 54.0 Å². The van der Waals surface area contributed by atoms with E-state index in [1.165, 1.54) is 28.8 Å². The van der Waals surface area contributed by atoms with E-state index in [0.29, 0.717) is 24.0 Å². The Balaban J connectivity index is 0.00000353. The summed E-state index contributed by atoms with van der Waals surface area (Å²) in [5, 5.41) is 2.49. The summed E-state index contributed by atoms with van der Waals surface area (Å²) >= 11 is 0. The highest BCUT2D eigenvalue weighted by molar-refractivity contribution is 6.09. The molecule has 1 atom stereocenters. The van der Waals surface area contributed by atoms with Crippen LogP contribution >= 0.6 is 12.4 Å². The predicted molar refractivity (Wildman–Crippen MR) is 163 cm³/mol. The van der Waals surface area contributed by atoms with Crippen molar-refractivity contribution in [3.8, 4) is 5.75 Å². The smallest absolute Gasteiger partial charge is 0.405 e. The number of nitrogens with two attached hydrogens (primary N) is 1. The van der Waals surface area contributed by atoms with Gasteiger partial charge in [-0.25, -0.2) is 8.78 Å². The van der Waals surface area contributed by atoms with Crippen molar-refractivity contribution in [2.24, 2.45) is 11.7 Å². The second kappa shape index (κ2) is 15.7. The number of nitrogens with zero attached hydrogens (tertiary/aromatic N) is 2. The number of carbonyl (C=O) groups excluding carboxylic acids is 2. The van der Waals surface area contributed by atoms with E-state index < -0.39 is 35.7 Å². The Morgan fingerprint density at radius 2 is 1.73 bits per heavy atom. The zero-order valence-electron chi connectivity index (χ0n) is 24.5. The number of carbonyl (C=O) groups is 2. The number of likely N-dealkylation sites (tertiary alicyclic amines) is 1. The fourth-order valence-electron chi connectivity index (χ4n) is 5.30. The third-order valence-electron chi connectivity index (χ3n) is 7.69. The minimum Gasteiger partial charge on any atom is -0.405 e. The highest BCUT2D eigenvalue weighted by Crippen LogP contribution is 2.38. The normalized spacial score (nSPS) is 14.6. The van der Waals surface area contributed by atoms with Crippen LogP contribution in [0.2, 0.25) is 0 Å². The standard InChI is InChI=1S/C30H35F5N4O4.CH4.ClH/c1-17(2)26(36)28(40)37-15-18-4-5-22(31)20(14-18)19-8-10-38(11-9-19)29(41)21-16-39(12-13-42-3)27-23(32)6-7-24(25(21)27)43-30(33,34)35;;/h4-7,14,16-17,19,26H,8-13,15,36H2,1-3H3,(H,37,40);1H4;1H/t26-;;/m1../s1. The van der Waals surface area contributed by atoms with Crippen molar-refractivity contribution in [1.82, 2.24) is 14.8 Å². The molecule has 1 saturated heterocycles. The molecule has 14 heteroatoms. The van der Waals surface area contributed by atoms with Crippen molar-refractivity contribution < 1.29 is 41.0 Å². The number of methoxy groups -OCH3 is 1. The Bertz CT molecular complexity index is 1470. The fraction of sp³-hybridized carbons (Fsp3) is 0.484. The highest BCUT2D eigenvalue weighted by Gasteiger charge is 2.35. The summed E-state index contributed by atoms with van der Waals surface area (Å²) in [6.07, 6.45) is -2.97. The number of nitrogens with one attached hydrogen (secondary N) is 1. The van der Waals surface area contributed by atoms with E-state index in [9.17, 15) is 31.5 Å². The lowest BCUT2D eigenvalue weighted by Gasteiger charge is -2.32. The largest absolute Gasteiger partial charge is 0.573 e. The van der Waals surface area contributed by atoms with Gasteiger partial charge in [0, 0.05) is 39.5 Å². The lowest BCUT2D eigenvalue weighted by Crippen LogP contribution is -2.43. The van der Waals surface area contributed by atoms with Crippen LogP contribution < -0.4 is 15.8 Å². The summed E-state index contributed by atoms with van der Waals surface area (Å²) in [4.78, 5) is 27.3. The number of hydrogen-bond donors (Lipinski definition) is 2. The number of fused-ring (bicyclic) bond motifs is 1. The van der Waals surface area contributed by atoms with E-state index in [1.54, 1.807) is 12.1 Å². The molecule has 45 heavy (non-hydrogen) atoms. The van der Waals surface area contributed by atoms with E-state index in [2.05, 4.69) is 10.1 Å². The highest BCUT2D eigenvalue weighted by atomic mass is 35.5. The van der Waals surface area contributed by atoms with Crippen LogP contribution in [0.5, 0.6) is 5.75 Å². The summed E-state index contributed by atoms with van der Waals surface area (Å²) in [7, 11) is 1.42. The van der Waals surface area contributed by atoms with Crippen LogP contribution in [0.4, 0.5) is 22.0 Å². The molecule has 1 aliphatic rings. The summed E-state index contributed by atoms with van der Waals surface area (Å²) in [6, 6.07) is 5.65. The van der Waals surface area contributed by atoms with Gasteiger partial charge >= 0.3 is 6.36 Å². The maximum absolute atomic E-state index is 14.9. The van der Waals surface area contributed by atoms with Gasteiger partial charge in [-0.2, -0.15) is 0 Å². The van der Waals surface area contributed by atoms with Crippen LogP contribution in [0.1, 0.15) is 61.5 Å². The first-order valence-corrected chi connectivity index (χ1v) is 14.0. The Morgan fingerprint density at radius 3 is 2.33 bits per heavy atom. The van der Waals surface area contributed by atoms with Crippen LogP contribution in [-0.4, -0.2) is 60.5 Å². The van der Waals surface area contributed by atoms with Crippen molar-refractivity contribution in [1.29, 1.82) is 0 Å². The molecule has 0 spiro atoms. The van der Waals surface area contributed by atoms with Crippen molar-refractivity contribution in [2.45, 2.75) is 65.5 Å². The number of amides is 2. The molecule has 0 unspecified atom stereocenters. The second-order valence-corrected chi connectivity index (χ2v) is 11.0. The van der Waals surface area contributed by atoms with Crippen molar-refractivity contribution in [3.05, 3.63) is 64.9 Å². The van der Waals surface area contributed by atoms with Gasteiger partial charge < -0.3 is 30.0 Å². The van der Waals surface area contributed by atoms with Crippen molar-refractivity contribution >= 4 is 35.1 Å². The summed E-state index contributed by atoms with van der Waals surface area (Å²) < 4.78 is 79.9. The van der Waals surface area contributed by atoms with Crippen LogP contribution in [-0.2, 0) is 22.6 Å². The van der Waals surface area contributed by atoms with Gasteiger partial charge in [-0.1, -0.05) is 33.4 Å². The lowest BCUT2D eigenvalue weighted by atomic mass is 9.88. The zero-order valence-corrected chi connectivity index (χ0v) is 25.4. The number of alkyl halides is 3. The molecule has 2 heterocycles. The monoisotopic (exact) mass is 662 g/mol. The van der Waals surface area contributed by atoms with Crippen molar-refractivity contribution in [3.63, 3.8) is 0 Å². The molecule has 3 aromatic rings. The molecule has 0 radical (unpaired) electrons. The fourth-order valence-corrected chi connectivity index (χ4v) is 5.30. The van der Waals surface area contributed by atoms with E-state index in [-0.39, 0.29) is 86.8 Å². The van der Waals surface area contributed by atoms with Crippen LogP contribution in [0.3, 0.4) is 0 Å². The average Bonchev–Trinajstić information content (AvgIpc) is 3.36. The Hall–Kier alpha value is -3.42. The van der Waals surface area contributed by atoms with Gasteiger partial charge in [0.15, 0.2) is 0 Å². The number of ether oxygens (including phenoxy) is 2. The average molecular weight is 663 g/mol. The number of benzene rings is 2. The molecule has 2 aromatic carbocycles. The van der Waals surface area contributed by atoms with E-state index in [1.807, 2.05) is 13.8 Å². The third kappa shape index (κ3) is 8.86. The minimum atomic E-state index is -5.06. The topological polar surface area (TPSA) is 98.8 Å². The molecule has 250 valence electrons.